The normalized spacial score (nSPS) is 17.8. The number of hydrogen-bond donors (Lipinski definition) is 0. The summed E-state index contributed by atoms with van der Waals surface area (Å²) in [4.78, 5) is 6.49. The Labute approximate surface area is 78.9 Å². The van der Waals surface area contributed by atoms with Gasteiger partial charge in [-0.3, -0.25) is 4.99 Å². The van der Waals surface area contributed by atoms with Gasteiger partial charge in [-0.05, 0) is 12.5 Å². The predicted molar refractivity (Wildman–Crippen MR) is 54.9 cm³/mol. The zero-order valence-corrected chi connectivity index (χ0v) is 7.85. The van der Waals surface area contributed by atoms with E-state index in [1.807, 2.05) is 12.4 Å². The molecule has 2 rings (SSSR count). The molecular weight excluding hydrogens is 160 g/mol. The topological polar surface area (TPSA) is 15.6 Å². The minimum absolute atomic E-state index is 0.451. The first-order valence-corrected chi connectivity index (χ1v) is 4.68. The van der Waals surface area contributed by atoms with Crippen LogP contribution in [0, 0.1) is 0 Å². The third kappa shape index (κ3) is 1.72. The molecule has 2 heteroatoms. The van der Waals surface area contributed by atoms with E-state index in [2.05, 4.69) is 41.1 Å². The second-order valence-electron chi connectivity index (χ2n) is 3.35. The average Bonchev–Trinajstić information content (AvgIpc) is 2.71. The van der Waals surface area contributed by atoms with Gasteiger partial charge in [0.25, 0.3) is 0 Å². The van der Waals surface area contributed by atoms with Crippen LogP contribution in [0.4, 0.5) is 0 Å². The van der Waals surface area contributed by atoms with Crippen molar-refractivity contribution in [2.24, 2.45) is 4.99 Å². The number of benzene rings is 1. The van der Waals surface area contributed by atoms with E-state index in [4.69, 9.17) is 0 Å². The fraction of sp³-hybridized carbons (Fsp3) is 0.364. The minimum atomic E-state index is 0.451. The van der Waals surface area contributed by atoms with Crippen LogP contribution in [0.25, 0.3) is 0 Å². The van der Waals surface area contributed by atoms with E-state index in [1.54, 1.807) is 0 Å². The van der Waals surface area contributed by atoms with Gasteiger partial charge in [0.2, 0.25) is 0 Å². The van der Waals surface area contributed by atoms with Crippen LogP contribution in [-0.4, -0.2) is 24.3 Å². The molecule has 1 aromatic rings. The number of hydrogen-bond acceptors (Lipinski definition) is 2. The van der Waals surface area contributed by atoms with Crippen LogP contribution in [-0.2, 0) is 0 Å². The van der Waals surface area contributed by atoms with Crippen LogP contribution in [0.3, 0.4) is 0 Å². The third-order valence-corrected chi connectivity index (χ3v) is 2.50. The monoisotopic (exact) mass is 174 g/mol. The van der Waals surface area contributed by atoms with Crippen LogP contribution < -0.4 is 0 Å². The summed E-state index contributed by atoms with van der Waals surface area (Å²) < 4.78 is 0. The van der Waals surface area contributed by atoms with Crippen molar-refractivity contribution >= 4 is 6.34 Å². The second kappa shape index (κ2) is 3.60. The molecule has 0 aliphatic carbocycles. The van der Waals surface area contributed by atoms with Crippen molar-refractivity contribution in [3.05, 3.63) is 35.9 Å². The SMILES string of the molecule is C[C@@H](c1ccccc1)N1C=NCC1. The van der Waals surface area contributed by atoms with Crippen LogP contribution in [0.5, 0.6) is 0 Å². The Morgan fingerprint density at radius 1 is 1.31 bits per heavy atom. The maximum atomic E-state index is 4.21. The number of rotatable bonds is 2. The lowest BCUT2D eigenvalue weighted by atomic mass is 10.1. The summed E-state index contributed by atoms with van der Waals surface area (Å²) in [7, 11) is 0. The van der Waals surface area contributed by atoms with E-state index in [0.29, 0.717) is 6.04 Å². The lowest BCUT2D eigenvalue weighted by Crippen LogP contribution is -2.23. The van der Waals surface area contributed by atoms with Gasteiger partial charge in [0.1, 0.15) is 0 Å². The van der Waals surface area contributed by atoms with E-state index in [9.17, 15) is 0 Å². The third-order valence-electron chi connectivity index (χ3n) is 2.50. The van der Waals surface area contributed by atoms with Gasteiger partial charge in [0.15, 0.2) is 0 Å². The Kier molecular flexibility index (Phi) is 2.30. The summed E-state index contributed by atoms with van der Waals surface area (Å²) in [6, 6.07) is 11.0. The summed E-state index contributed by atoms with van der Waals surface area (Å²) in [5.74, 6) is 0. The van der Waals surface area contributed by atoms with Crippen molar-refractivity contribution in [3.63, 3.8) is 0 Å². The standard InChI is InChI=1S/C11H14N2/c1-10(13-8-7-12-9-13)11-5-3-2-4-6-11/h2-6,9-10H,7-8H2,1H3/t10-/m0/s1. The molecule has 68 valence electrons. The van der Waals surface area contributed by atoms with Crippen molar-refractivity contribution in [2.75, 3.05) is 13.1 Å². The van der Waals surface area contributed by atoms with Gasteiger partial charge >= 0.3 is 0 Å². The van der Waals surface area contributed by atoms with E-state index >= 15 is 0 Å². The van der Waals surface area contributed by atoms with Gasteiger partial charge in [-0.2, -0.15) is 0 Å². The molecular formula is C11H14N2. The number of aliphatic imine (C=N–C) groups is 1. The molecule has 0 saturated carbocycles. The van der Waals surface area contributed by atoms with Crippen LogP contribution in [0.2, 0.25) is 0 Å². The molecule has 0 aromatic heterocycles. The summed E-state index contributed by atoms with van der Waals surface area (Å²) in [6.07, 6.45) is 1.96. The zero-order chi connectivity index (χ0) is 9.10. The van der Waals surface area contributed by atoms with E-state index in [0.717, 1.165) is 13.1 Å². The molecule has 1 heterocycles. The Morgan fingerprint density at radius 2 is 2.08 bits per heavy atom. The molecule has 0 spiro atoms. The van der Waals surface area contributed by atoms with Gasteiger partial charge in [-0.1, -0.05) is 30.3 Å². The minimum Gasteiger partial charge on any atom is -0.354 e. The molecule has 0 saturated heterocycles. The lowest BCUT2D eigenvalue weighted by Gasteiger charge is -2.23. The Balaban J connectivity index is 2.13. The van der Waals surface area contributed by atoms with Gasteiger partial charge in [-0.15, -0.1) is 0 Å². The van der Waals surface area contributed by atoms with Crippen molar-refractivity contribution in [1.29, 1.82) is 0 Å². The fourth-order valence-electron chi connectivity index (χ4n) is 1.61. The molecule has 2 nitrogen and oxygen atoms in total. The highest BCUT2D eigenvalue weighted by Crippen LogP contribution is 2.19. The van der Waals surface area contributed by atoms with Crippen molar-refractivity contribution in [1.82, 2.24) is 4.90 Å². The van der Waals surface area contributed by atoms with Crippen LogP contribution in [0.1, 0.15) is 18.5 Å². The molecule has 13 heavy (non-hydrogen) atoms. The molecule has 0 unspecified atom stereocenters. The highest BCUT2D eigenvalue weighted by molar-refractivity contribution is 5.58. The summed E-state index contributed by atoms with van der Waals surface area (Å²) in [5, 5.41) is 0. The largest absolute Gasteiger partial charge is 0.354 e. The first-order valence-electron chi connectivity index (χ1n) is 4.68. The molecule has 0 bridgehead atoms. The van der Waals surface area contributed by atoms with Crippen molar-refractivity contribution in [2.45, 2.75) is 13.0 Å². The first kappa shape index (κ1) is 8.30. The number of nitrogens with zero attached hydrogens (tertiary/aromatic N) is 2. The van der Waals surface area contributed by atoms with E-state index in [-0.39, 0.29) is 0 Å². The highest BCUT2D eigenvalue weighted by atomic mass is 15.2. The van der Waals surface area contributed by atoms with Crippen molar-refractivity contribution in [3.8, 4) is 0 Å². The molecule has 0 fully saturated rings. The molecule has 0 amide bonds. The first-order chi connectivity index (χ1) is 6.38. The molecule has 0 N–H and O–H groups in total. The van der Waals surface area contributed by atoms with Gasteiger partial charge in [0, 0.05) is 6.54 Å². The maximum Gasteiger partial charge on any atom is 0.0856 e. The summed E-state index contributed by atoms with van der Waals surface area (Å²) in [6.45, 7) is 4.21. The predicted octanol–water partition coefficient (Wildman–Crippen LogP) is 2.09. The highest BCUT2D eigenvalue weighted by Gasteiger charge is 2.14. The maximum absolute atomic E-state index is 4.21. The molecule has 1 aliphatic heterocycles. The Hall–Kier alpha value is -1.31. The van der Waals surface area contributed by atoms with E-state index in [1.165, 1.54) is 5.56 Å². The Morgan fingerprint density at radius 3 is 2.69 bits per heavy atom. The molecule has 1 aliphatic rings. The molecule has 0 radical (unpaired) electrons. The van der Waals surface area contributed by atoms with Gasteiger partial charge in [-0.25, -0.2) is 0 Å². The second-order valence-corrected chi connectivity index (χ2v) is 3.35. The van der Waals surface area contributed by atoms with Gasteiger partial charge in [0.05, 0.1) is 18.9 Å². The lowest BCUT2D eigenvalue weighted by molar-refractivity contribution is 0.375. The molecule has 1 aromatic carbocycles. The van der Waals surface area contributed by atoms with E-state index < -0.39 is 0 Å². The quantitative estimate of drug-likeness (QED) is 0.670. The van der Waals surface area contributed by atoms with Gasteiger partial charge < -0.3 is 4.90 Å². The zero-order valence-electron chi connectivity index (χ0n) is 7.85. The van der Waals surface area contributed by atoms with Crippen molar-refractivity contribution < 1.29 is 0 Å². The smallest absolute Gasteiger partial charge is 0.0856 e. The van der Waals surface area contributed by atoms with Crippen LogP contribution >= 0.6 is 0 Å². The van der Waals surface area contributed by atoms with Crippen LogP contribution in [0.15, 0.2) is 35.3 Å². The fourth-order valence-corrected chi connectivity index (χ4v) is 1.61. The molecule has 1 atom stereocenters. The Bertz CT molecular complexity index is 292. The average molecular weight is 174 g/mol. The summed E-state index contributed by atoms with van der Waals surface area (Å²) >= 11 is 0. The summed E-state index contributed by atoms with van der Waals surface area (Å²) in [5.41, 5.74) is 1.36.